The molecule has 0 aromatic heterocycles. The van der Waals surface area contributed by atoms with E-state index in [1.165, 1.54) is 0 Å². The maximum atomic E-state index is 13.2. The van der Waals surface area contributed by atoms with Gasteiger partial charge < -0.3 is 9.47 Å². The second kappa shape index (κ2) is 6.49. The normalized spacial score (nSPS) is 10.6. The standard InChI is InChI=1S/C11H10ClF3O3/c1-2-17-9(16)4-6-3-7(13)5-8(10(6)12)18-11(14)15/h3,5,11H,2,4H2,1H3. The van der Waals surface area contributed by atoms with E-state index in [4.69, 9.17) is 11.6 Å². The molecule has 0 saturated heterocycles. The van der Waals surface area contributed by atoms with Gasteiger partial charge in [-0.05, 0) is 18.6 Å². The van der Waals surface area contributed by atoms with Crippen LogP contribution >= 0.6 is 11.6 Å². The molecule has 1 aromatic rings. The molecule has 1 rings (SSSR count). The molecule has 0 amide bonds. The van der Waals surface area contributed by atoms with Crippen molar-refractivity contribution in [2.24, 2.45) is 0 Å². The Bertz CT molecular complexity index is 438. The van der Waals surface area contributed by atoms with Gasteiger partial charge in [-0.15, -0.1) is 0 Å². The van der Waals surface area contributed by atoms with Crippen LogP contribution in [0.4, 0.5) is 13.2 Å². The highest BCUT2D eigenvalue weighted by Crippen LogP contribution is 2.31. The third-order valence-corrected chi connectivity index (χ3v) is 2.36. The van der Waals surface area contributed by atoms with Crippen LogP contribution in [0.15, 0.2) is 12.1 Å². The molecule has 3 nitrogen and oxygen atoms in total. The van der Waals surface area contributed by atoms with Crippen LogP contribution in [-0.4, -0.2) is 19.2 Å². The minimum absolute atomic E-state index is 0.0331. The third kappa shape index (κ3) is 4.10. The fraction of sp³-hybridized carbons (Fsp3) is 0.364. The Morgan fingerprint density at radius 2 is 2.11 bits per heavy atom. The molecule has 0 spiro atoms. The monoisotopic (exact) mass is 282 g/mol. The van der Waals surface area contributed by atoms with E-state index < -0.39 is 24.1 Å². The second-order valence-electron chi connectivity index (χ2n) is 3.24. The van der Waals surface area contributed by atoms with E-state index in [1.807, 2.05) is 0 Å². The minimum atomic E-state index is -3.13. The van der Waals surface area contributed by atoms with Crippen LogP contribution in [0.5, 0.6) is 5.75 Å². The highest BCUT2D eigenvalue weighted by atomic mass is 35.5. The van der Waals surface area contributed by atoms with Gasteiger partial charge in [0.05, 0.1) is 18.1 Å². The number of alkyl halides is 2. The predicted molar refractivity (Wildman–Crippen MR) is 58.4 cm³/mol. The van der Waals surface area contributed by atoms with Gasteiger partial charge in [0, 0.05) is 6.07 Å². The fourth-order valence-corrected chi connectivity index (χ4v) is 1.52. The molecule has 0 aliphatic carbocycles. The van der Waals surface area contributed by atoms with E-state index in [0.717, 1.165) is 12.1 Å². The highest BCUT2D eigenvalue weighted by molar-refractivity contribution is 6.33. The zero-order valence-electron chi connectivity index (χ0n) is 9.38. The maximum absolute atomic E-state index is 13.2. The van der Waals surface area contributed by atoms with Crippen molar-refractivity contribution < 1.29 is 27.4 Å². The Morgan fingerprint density at radius 1 is 1.44 bits per heavy atom. The van der Waals surface area contributed by atoms with Crippen LogP contribution in [0.25, 0.3) is 0 Å². The van der Waals surface area contributed by atoms with E-state index >= 15 is 0 Å². The van der Waals surface area contributed by atoms with Crippen LogP contribution in [0.3, 0.4) is 0 Å². The topological polar surface area (TPSA) is 35.5 Å². The summed E-state index contributed by atoms with van der Waals surface area (Å²) < 4.78 is 46.0. The van der Waals surface area contributed by atoms with Crippen LogP contribution in [0.2, 0.25) is 5.02 Å². The first-order valence-corrected chi connectivity index (χ1v) is 5.40. The lowest BCUT2D eigenvalue weighted by molar-refractivity contribution is -0.142. The van der Waals surface area contributed by atoms with E-state index in [1.54, 1.807) is 6.92 Å². The summed E-state index contributed by atoms with van der Waals surface area (Å²) in [5.74, 6) is -1.96. The number of benzene rings is 1. The first kappa shape index (κ1) is 14.6. The number of halogens is 4. The van der Waals surface area contributed by atoms with Crippen molar-refractivity contribution in [1.82, 2.24) is 0 Å². The molecule has 7 heteroatoms. The molecule has 0 unspecified atom stereocenters. The minimum Gasteiger partial charge on any atom is -0.466 e. The summed E-state index contributed by atoms with van der Waals surface area (Å²) in [4.78, 5) is 11.2. The van der Waals surface area contributed by atoms with Gasteiger partial charge in [-0.3, -0.25) is 4.79 Å². The number of rotatable bonds is 5. The number of carbonyl (C=O) groups is 1. The summed E-state index contributed by atoms with van der Waals surface area (Å²) in [6, 6.07) is 1.70. The van der Waals surface area contributed by atoms with Gasteiger partial charge in [-0.1, -0.05) is 11.6 Å². The van der Waals surface area contributed by atoms with Crippen LogP contribution in [-0.2, 0) is 16.0 Å². The average Bonchev–Trinajstić information content (AvgIpc) is 2.24. The SMILES string of the molecule is CCOC(=O)Cc1cc(F)cc(OC(F)F)c1Cl. The smallest absolute Gasteiger partial charge is 0.387 e. The number of carbonyl (C=O) groups excluding carboxylic acids is 1. The largest absolute Gasteiger partial charge is 0.466 e. The molecule has 0 N–H and O–H groups in total. The van der Waals surface area contributed by atoms with Gasteiger partial charge in [0.2, 0.25) is 0 Å². The average molecular weight is 283 g/mol. The van der Waals surface area contributed by atoms with Gasteiger partial charge in [-0.2, -0.15) is 8.78 Å². The van der Waals surface area contributed by atoms with Crippen LogP contribution < -0.4 is 4.74 Å². The van der Waals surface area contributed by atoms with Gasteiger partial charge >= 0.3 is 12.6 Å². The van der Waals surface area contributed by atoms with Gasteiger partial charge in [0.1, 0.15) is 11.6 Å². The number of hydrogen-bond donors (Lipinski definition) is 0. The molecule has 0 aliphatic heterocycles. The molecule has 100 valence electrons. The van der Waals surface area contributed by atoms with E-state index in [9.17, 15) is 18.0 Å². The Hall–Kier alpha value is -1.43. The van der Waals surface area contributed by atoms with Crippen LogP contribution in [0, 0.1) is 5.82 Å². The summed E-state index contributed by atoms with van der Waals surface area (Å²) in [6.45, 7) is -1.36. The molecule has 0 radical (unpaired) electrons. The van der Waals surface area contributed by atoms with Crippen molar-refractivity contribution in [3.05, 3.63) is 28.5 Å². The first-order chi connectivity index (χ1) is 8.43. The van der Waals surface area contributed by atoms with Crippen molar-refractivity contribution in [3.63, 3.8) is 0 Å². The molecule has 1 aromatic carbocycles. The van der Waals surface area contributed by atoms with E-state index in [-0.39, 0.29) is 23.6 Å². The van der Waals surface area contributed by atoms with Gasteiger partial charge in [-0.25, -0.2) is 4.39 Å². The Labute approximate surface area is 106 Å². The first-order valence-electron chi connectivity index (χ1n) is 5.02. The zero-order chi connectivity index (χ0) is 13.7. The van der Waals surface area contributed by atoms with Gasteiger partial charge in [0.15, 0.2) is 0 Å². The molecule has 0 saturated carbocycles. The molecular weight excluding hydrogens is 273 g/mol. The van der Waals surface area contributed by atoms with Crippen molar-refractivity contribution in [1.29, 1.82) is 0 Å². The molecule has 0 atom stereocenters. The van der Waals surface area contributed by atoms with E-state index in [0.29, 0.717) is 0 Å². The summed E-state index contributed by atoms with van der Waals surface area (Å²) in [6.07, 6.45) is -0.315. The van der Waals surface area contributed by atoms with Crippen LogP contribution in [0.1, 0.15) is 12.5 Å². The summed E-state index contributed by atoms with van der Waals surface area (Å²) in [5.41, 5.74) is 0.0331. The lowest BCUT2D eigenvalue weighted by Crippen LogP contribution is -2.09. The lowest BCUT2D eigenvalue weighted by atomic mass is 10.1. The molecule has 0 fully saturated rings. The summed E-state index contributed by atoms with van der Waals surface area (Å²) in [5, 5.41) is -0.232. The second-order valence-corrected chi connectivity index (χ2v) is 3.62. The van der Waals surface area contributed by atoms with Gasteiger partial charge in [0.25, 0.3) is 0 Å². The molecule has 18 heavy (non-hydrogen) atoms. The molecular formula is C11H10ClF3O3. The Balaban J connectivity index is 2.97. The number of hydrogen-bond acceptors (Lipinski definition) is 3. The summed E-state index contributed by atoms with van der Waals surface area (Å²) >= 11 is 5.74. The number of ether oxygens (including phenoxy) is 2. The summed E-state index contributed by atoms with van der Waals surface area (Å²) in [7, 11) is 0. The number of esters is 1. The molecule has 0 bridgehead atoms. The third-order valence-electron chi connectivity index (χ3n) is 1.94. The van der Waals surface area contributed by atoms with Crippen molar-refractivity contribution >= 4 is 17.6 Å². The molecule has 0 aliphatic rings. The Morgan fingerprint density at radius 3 is 2.67 bits per heavy atom. The lowest BCUT2D eigenvalue weighted by Gasteiger charge is -2.10. The van der Waals surface area contributed by atoms with Crippen molar-refractivity contribution in [3.8, 4) is 5.75 Å². The maximum Gasteiger partial charge on any atom is 0.387 e. The van der Waals surface area contributed by atoms with Crippen molar-refractivity contribution in [2.45, 2.75) is 20.0 Å². The van der Waals surface area contributed by atoms with E-state index in [2.05, 4.69) is 9.47 Å². The van der Waals surface area contributed by atoms with Crippen molar-refractivity contribution in [2.75, 3.05) is 6.61 Å². The highest BCUT2D eigenvalue weighted by Gasteiger charge is 2.16. The molecule has 0 heterocycles. The Kier molecular flexibility index (Phi) is 5.27. The fourth-order valence-electron chi connectivity index (χ4n) is 1.30. The predicted octanol–water partition coefficient (Wildman–Crippen LogP) is 3.19. The zero-order valence-corrected chi connectivity index (χ0v) is 10.1. The quantitative estimate of drug-likeness (QED) is 0.778.